The minimum Gasteiger partial charge on any atom is -0.404 e. The molecule has 12 heteroatoms. The van der Waals surface area contributed by atoms with Gasteiger partial charge in [0.15, 0.2) is 5.82 Å². The van der Waals surface area contributed by atoms with Crippen LogP contribution in [0.25, 0.3) is 0 Å². The van der Waals surface area contributed by atoms with Crippen molar-refractivity contribution in [1.29, 1.82) is 0 Å². The first kappa shape index (κ1) is 23.5. The summed E-state index contributed by atoms with van der Waals surface area (Å²) in [5.41, 5.74) is 1.01. The van der Waals surface area contributed by atoms with Gasteiger partial charge in [-0.3, -0.25) is 9.25 Å². The van der Waals surface area contributed by atoms with Gasteiger partial charge in [0.2, 0.25) is 15.9 Å². The number of aryl methyl sites for hydroxylation is 1. The third-order valence-electron chi connectivity index (χ3n) is 4.66. The van der Waals surface area contributed by atoms with Crippen LogP contribution >= 0.6 is 23.2 Å². The van der Waals surface area contributed by atoms with E-state index < -0.39 is 16.1 Å². The van der Waals surface area contributed by atoms with Gasteiger partial charge in [0.1, 0.15) is 0 Å². The van der Waals surface area contributed by atoms with E-state index in [2.05, 4.69) is 33.9 Å². The molecule has 9 nitrogen and oxygen atoms in total. The molecule has 0 fully saturated rings. The quantitative estimate of drug-likeness (QED) is 0.508. The maximum Gasteiger partial charge on any atom is 0.323 e. The maximum atomic E-state index is 12.8. The summed E-state index contributed by atoms with van der Waals surface area (Å²) in [6.45, 7) is 8.16. The van der Waals surface area contributed by atoms with Crippen LogP contribution < -0.4 is 9.46 Å². The molecule has 0 radical (unpaired) electrons. The lowest BCUT2D eigenvalue weighted by Crippen LogP contribution is -2.29. The molecule has 1 aromatic carbocycles. The molecule has 0 aliphatic carbocycles. The molecule has 1 atom stereocenters. The Bertz CT molecular complexity index is 1190. The summed E-state index contributed by atoms with van der Waals surface area (Å²) in [4.78, 5) is 0.00230. The Labute approximate surface area is 191 Å². The van der Waals surface area contributed by atoms with Crippen LogP contribution in [0.15, 0.2) is 29.2 Å². The number of ether oxygens (including phenoxy) is 1. The third-order valence-corrected chi connectivity index (χ3v) is 6.94. The lowest BCUT2D eigenvalue weighted by Gasteiger charge is -2.15. The predicted molar refractivity (Wildman–Crippen MR) is 118 cm³/mol. The summed E-state index contributed by atoms with van der Waals surface area (Å²) in [6, 6.07) is 5.50. The Morgan fingerprint density at radius 1 is 1.13 bits per heavy atom. The van der Waals surface area contributed by atoms with Gasteiger partial charge >= 0.3 is 6.01 Å². The van der Waals surface area contributed by atoms with Gasteiger partial charge in [0, 0.05) is 25.4 Å². The second kappa shape index (κ2) is 9.15. The second-order valence-electron chi connectivity index (χ2n) is 7.29. The summed E-state index contributed by atoms with van der Waals surface area (Å²) >= 11 is 11.8. The SMILES string of the molecule is CCn1c(Oc2cc(C(C)C)n(C)n2)nnc1[C@@H](C)NS(=O)(=O)c1ccc(Cl)c(Cl)c1. The van der Waals surface area contributed by atoms with Gasteiger partial charge in [-0.25, -0.2) is 13.1 Å². The van der Waals surface area contributed by atoms with Crippen molar-refractivity contribution in [3.63, 3.8) is 0 Å². The van der Waals surface area contributed by atoms with Crippen molar-refractivity contribution in [1.82, 2.24) is 29.3 Å². The van der Waals surface area contributed by atoms with Gasteiger partial charge in [-0.05, 0) is 38.0 Å². The monoisotopic (exact) mass is 486 g/mol. The molecule has 0 saturated heterocycles. The van der Waals surface area contributed by atoms with Crippen molar-refractivity contribution >= 4 is 33.2 Å². The van der Waals surface area contributed by atoms with E-state index in [0.29, 0.717) is 18.2 Å². The Hall–Kier alpha value is -2.14. The highest BCUT2D eigenvalue weighted by molar-refractivity contribution is 7.89. The highest BCUT2D eigenvalue weighted by atomic mass is 35.5. The van der Waals surface area contributed by atoms with Crippen LogP contribution in [0.5, 0.6) is 11.9 Å². The summed E-state index contributed by atoms with van der Waals surface area (Å²) in [7, 11) is -2.02. The highest BCUT2D eigenvalue weighted by Crippen LogP contribution is 2.27. The Kier molecular flexibility index (Phi) is 6.95. The highest BCUT2D eigenvalue weighted by Gasteiger charge is 2.25. The van der Waals surface area contributed by atoms with Crippen molar-refractivity contribution in [3.05, 3.63) is 45.8 Å². The second-order valence-corrected chi connectivity index (χ2v) is 9.82. The molecule has 1 N–H and O–H groups in total. The van der Waals surface area contributed by atoms with E-state index in [1.165, 1.54) is 18.2 Å². The largest absolute Gasteiger partial charge is 0.404 e. The molecule has 0 spiro atoms. The smallest absolute Gasteiger partial charge is 0.323 e. The zero-order valence-corrected chi connectivity index (χ0v) is 20.1. The van der Waals surface area contributed by atoms with Crippen LogP contribution in [0.4, 0.5) is 0 Å². The number of benzene rings is 1. The van der Waals surface area contributed by atoms with Gasteiger partial charge in [-0.2, -0.15) is 0 Å². The number of hydrogen-bond donors (Lipinski definition) is 1. The fraction of sp³-hybridized carbons (Fsp3) is 0.421. The summed E-state index contributed by atoms with van der Waals surface area (Å²) in [5, 5.41) is 13.0. The first-order valence-electron chi connectivity index (χ1n) is 9.65. The van der Waals surface area contributed by atoms with E-state index in [0.717, 1.165) is 5.69 Å². The molecule has 2 heterocycles. The molecule has 0 saturated carbocycles. The normalized spacial score (nSPS) is 13.0. The summed E-state index contributed by atoms with van der Waals surface area (Å²) < 4.78 is 37.4. The van der Waals surface area contributed by atoms with Crippen LogP contribution in [-0.4, -0.2) is 33.0 Å². The van der Waals surface area contributed by atoms with Crippen molar-refractivity contribution in [2.75, 3.05) is 0 Å². The Balaban J connectivity index is 1.84. The number of hydrogen-bond acceptors (Lipinski definition) is 6. The van der Waals surface area contributed by atoms with E-state index in [-0.39, 0.29) is 26.9 Å². The first-order chi connectivity index (χ1) is 14.5. The average molecular weight is 487 g/mol. The lowest BCUT2D eigenvalue weighted by molar-refractivity contribution is 0.389. The molecule has 0 aliphatic rings. The molecular weight excluding hydrogens is 463 g/mol. The number of nitrogens with one attached hydrogen (secondary N) is 1. The van der Waals surface area contributed by atoms with E-state index in [4.69, 9.17) is 27.9 Å². The van der Waals surface area contributed by atoms with Crippen LogP contribution in [0.3, 0.4) is 0 Å². The number of halogens is 2. The molecule has 3 rings (SSSR count). The van der Waals surface area contributed by atoms with Crippen LogP contribution in [0.2, 0.25) is 10.0 Å². The first-order valence-corrected chi connectivity index (χ1v) is 11.9. The van der Waals surface area contributed by atoms with E-state index in [1.54, 1.807) is 16.2 Å². The maximum absolute atomic E-state index is 12.8. The molecule has 0 aliphatic heterocycles. The molecule has 2 aromatic heterocycles. The van der Waals surface area contributed by atoms with E-state index >= 15 is 0 Å². The van der Waals surface area contributed by atoms with Crippen molar-refractivity contribution in [2.24, 2.45) is 7.05 Å². The van der Waals surface area contributed by atoms with Gasteiger partial charge < -0.3 is 4.74 Å². The fourth-order valence-corrected chi connectivity index (χ4v) is 4.72. The summed E-state index contributed by atoms with van der Waals surface area (Å²) in [5.74, 6) is 1.08. The third kappa shape index (κ3) is 5.03. The minimum absolute atomic E-state index is 0.00230. The molecule has 0 bridgehead atoms. The number of sulfonamides is 1. The number of nitrogens with zero attached hydrogens (tertiary/aromatic N) is 5. The molecule has 168 valence electrons. The van der Waals surface area contributed by atoms with Gasteiger partial charge in [-0.1, -0.05) is 42.1 Å². The van der Waals surface area contributed by atoms with Gasteiger partial charge in [0.05, 0.1) is 21.0 Å². The van der Waals surface area contributed by atoms with Crippen molar-refractivity contribution in [3.8, 4) is 11.9 Å². The lowest BCUT2D eigenvalue weighted by atomic mass is 10.1. The zero-order valence-electron chi connectivity index (χ0n) is 17.8. The number of aromatic nitrogens is 5. The zero-order chi connectivity index (χ0) is 22.9. The van der Waals surface area contributed by atoms with E-state index in [1.807, 2.05) is 20.0 Å². The Morgan fingerprint density at radius 3 is 2.42 bits per heavy atom. The number of rotatable bonds is 8. The Morgan fingerprint density at radius 2 is 1.84 bits per heavy atom. The molecule has 3 aromatic rings. The van der Waals surface area contributed by atoms with Crippen LogP contribution in [0, 0.1) is 0 Å². The summed E-state index contributed by atoms with van der Waals surface area (Å²) in [6.07, 6.45) is 0. The van der Waals surface area contributed by atoms with Crippen molar-refractivity contribution in [2.45, 2.75) is 51.1 Å². The van der Waals surface area contributed by atoms with Crippen molar-refractivity contribution < 1.29 is 13.2 Å². The van der Waals surface area contributed by atoms with Gasteiger partial charge in [0.25, 0.3) is 0 Å². The average Bonchev–Trinajstić information content (AvgIpc) is 3.26. The standard InChI is InChI=1S/C19H24Cl2N6O3S/c1-6-27-18(12(4)25-31(28,29)13-7-8-14(20)15(21)9-13)22-23-19(27)30-17-10-16(11(2)3)26(5)24-17/h7-12,25H,6H2,1-5H3/t12-/m1/s1. The molecule has 0 unspecified atom stereocenters. The van der Waals surface area contributed by atoms with Gasteiger partial charge in [-0.15, -0.1) is 10.2 Å². The van der Waals surface area contributed by atoms with Crippen LogP contribution in [-0.2, 0) is 23.6 Å². The topological polar surface area (TPSA) is 104 Å². The van der Waals surface area contributed by atoms with Crippen LogP contribution in [0.1, 0.15) is 51.2 Å². The fourth-order valence-electron chi connectivity index (χ4n) is 3.13. The molecule has 31 heavy (non-hydrogen) atoms. The van der Waals surface area contributed by atoms with E-state index in [9.17, 15) is 8.42 Å². The molecular formula is C19H24Cl2N6O3S. The predicted octanol–water partition coefficient (Wildman–Crippen LogP) is 4.29. The minimum atomic E-state index is -3.86. The molecule has 0 amide bonds.